The SMILES string of the molecule is [C-]#[N+]c1cn2[nH]c(-c3ccc(C(=O)Nc4ccccc4C(=O)O)cc3)nc2c1C(=O)OC1C(C)CC(C)CC1C. The number of H-pyrrole nitrogens is 1. The van der Waals surface area contributed by atoms with Crippen LogP contribution in [-0.2, 0) is 4.74 Å². The van der Waals surface area contributed by atoms with E-state index in [1.807, 2.05) is 0 Å². The van der Waals surface area contributed by atoms with Crippen molar-refractivity contribution in [3.8, 4) is 11.4 Å². The lowest BCUT2D eigenvalue weighted by Crippen LogP contribution is -2.37. The Labute approximate surface area is 230 Å². The summed E-state index contributed by atoms with van der Waals surface area (Å²) in [6, 6.07) is 12.7. The maximum atomic E-state index is 13.3. The largest absolute Gasteiger partial charge is 0.478 e. The van der Waals surface area contributed by atoms with Crippen molar-refractivity contribution in [2.75, 3.05) is 5.32 Å². The number of benzene rings is 2. The molecule has 3 N–H and O–H groups in total. The van der Waals surface area contributed by atoms with Crippen molar-refractivity contribution >= 4 is 34.9 Å². The molecule has 10 nitrogen and oxygen atoms in total. The summed E-state index contributed by atoms with van der Waals surface area (Å²) < 4.78 is 7.48. The van der Waals surface area contributed by atoms with Crippen LogP contribution in [0, 0.1) is 24.3 Å². The van der Waals surface area contributed by atoms with Crippen molar-refractivity contribution in [2.24, 2.45) is 17.8 Å². The third kappa shape index (κ3) is 5.06. The minimum absolute atomic E-state index is 0.00558. The minimum Gasteiger partial charge on any atom is -0.478 e. The van der Waals surface area contributed by atoms with Crippen LogP contribution in [0.25, 0.3) is 21.9 Å². The number of carbonyl (C=O) groups is 3. The lowest BCUT2D eigenvalue weighted by molar-refractivity contribution is -0.0249. The van der Waals surface area contributed by atoms with Gasteiger partial charge in [0.25, 0.3) is 5.91 Å². The molecule has 0 bridgehead atoms. The highest BCUT2D eigenvalue weighted by molar-refractivity contribution is 6.08. The van der Waals surface area contributed by atoms with E-state index in [0.717, 1.165) is 12.8 Å². The Bertz CT molecular complexity index is 1630. The molecule has 0 radical (unpaired) electrons. The van der Waals surface area contributed by atoms with Crippen LogP contribution < -0.4 is 5.32 Å². The van der Waals surface area contributed by atoms with Gasteiger partial charge in [-0.05, 0) is 54.9 Å². The number of ether oxygens (including phenoxy) is 1. The number of fused-ring (bicyclic) bond motifs is 1. The summed E-state index contributed by atoms with van der Waals surface area (Å²) in [4.78, 5) is 45.6. The molecule has 0 saturated heterocycles. The van der Waals surface area contributed by atoms with Gasteiger partial charge >= 0.3 is 11.9 Å². The van der Waals surface area contributed by atoms with Crippen LogP contribution in [0.4, 0.5) is 11.4 Å². The molecule has 2 atom stereocenters. The summed E-state index contributed by atoms with van der Waals surface area (Å²) in [6.07, 6.45) is 3.26. The Kier molecular flexibility index (Phi) is 7.13. The van der Waals surface area contributed by atoms with Crippen LogP contribution in [-0.4, -0.2) is 43.7 Å². The first-order valence-corrected chi connectivity index (χ1v) is 13.1. The van der Waals surface area contributed by atoms with Crippen molar-refractivity contribution in [2.45, 2.75) is 39.7 Å². The molecule has 5 rings (SSSR count). The second-order valence-electron chi connectivity index (χ2n) is 10.6. The summed E-state index contributed by atoms with van der Waals surface area (Å²) in [7, 11) is 0. The zero-order valence-electron chi connectivity index (χ0n) is 22.3. The number of aromatic amines is 1. The first-order chi connectivity index (χ1) is 19.2. The maximum Gasteiger partial charge on any atom is 0.337 e. The molecular formula is C30H29N5O5. The van der Waals surface area contributed by atoms with Gasteiger partial charge in [-0.15, -0.1) is 0 Å². The Hall–Kier alpha value is -4.91. The van der Waals surface area contributed by atoms with E-state index >= 15 is 0 Å². The van der Waals surface area contributed by atoms with E-state index in [-0.39, 0.29) is 40.4 Å². The van der Waals surface area contributed by atoms with Crippen LogP contribution in [0.5, 0.6) is 0 Å². The van der Waals surface area contributed by atoms with E-state index in [4.69, 9.17) is 11.3 Å². The number of rotatable bonds is 6. The minimum atomic E-state index is -1.14. The average Bonchev–Trinajstić information content (AvgIpc) is 3.48. The molecule has 2 aromatic carbocycles. The Morgan fingerprint density at radius 3 is 2.40 bits per heavy atom. The number of hydrogen-bond acceptors (Lipinski definition) is 5. The molecule has 4 aromatic rings. The molecule has 40 heavy (non-hydrogen) atoms. The fraction of sp³-hybridized carbons (Fsp3) is 0.300. The number of carboxylic acid groups (broad SMARTS) is 1. The Morgan fingerprint density at radius 2 is 1.75 bits per heavy atom. The normalized spacial score (nSPS) is 20.6. The summed E-state index contributed by atoms with van der Waals surface area (Å²) in [5, 5.41) is 15.1. The quantitative estimate of drug-likeness (QED) is 0.202. The lowest BCUT2D eigenvalue weighted by Gasteiger charge is -2.37. The van der Waals surface area contributed by atoms with Gasteiger partial charge in [0.1, 0.15) is 11.7 Å². The van der Waals surface area contributed by atoms with Gasteiger partial charge in [0.2, 0.25) is 5.69 Å². The third-order valence-electron chi connectivity index (χ3n) is 7.47. The van der Waals surface area contributed by atoms with Crippen LogP contribution in [0.2, 0.25) is 0 Å². The van der Waals surface area contributed by atoms with E-state index in [1.165, 1.54) is 22.8 Å². The number of aromatic carboxylic acids is 1. The lowest BCUT2D eigenvalue weighted by atomic mass is 9.75. The number of nitrogens with one attached hydrogen (secondary N) is 2. The summed E-state index contributed by atoms with van der Waals surface area (Å²) in [5.41, 5.74) is 1.76. The summed E-state index contributed by atoms with van der Waals surface area (Å²) in [6.45, 7) is 14.0. The fourth-order valence-electron chi connectivity index (χ4n) is 5.69. The second kappa shape index (κ2) is 10.7. The number of carboxylic acids is 1. The highest BCUT2D eigenvalue weighted by Gasteiger charge is 2.35. The predicted molar refractivity (Wildman–Crippen MR) is 149 cm³/mol. The average molecular weight is 540 g/mol. The topological polar surface area (TPSA) is 130 Å². The molecule has 1 fully saturated rings. The molecule has 2 heterocycles. The Balaban J connectivity index is 1.37. The van der Waals surface area contributed by atoms with Gasteiger partial charge in [-0.25, -0.2) is 19.4 Å². The zero-order chi connectivity index (χ0) is 28.6. The maximum absolute atomic E-state index is 13.3. The molecule has 1 aliphatic rings. The second-order valence-corrected chi connectivity index (χ2v) is 10.6. The molecule has 0 aliphatic heterocycles. The number of para-hydroxylation sites is 1. The number of amides is 1. The Morgan fingerprint density at radius 1 is 1.07 bits per heavy atom. The van der Waals surface area contributed by atoms with E-state index < -0.39 is 17.8 Å². The van der Waals surface area contributed by atoms with Crippen molar-refractivity contribution in [1.29, 1.82) is 0 Å². The molecule has 2 unspecified atom stereocenters. The van der Waals surface area contributed by atoms with Crippen LogP contribution in [0.15, 0.2) is 54.7 Å². The first-order valence-electron chi connectivity index (χ1n) is 13.1. The molecular weight excluding hydrogens is 510 g/mol. The van der Waals surface area contributed by atoms with Crippen LogP contribution in [0.3, 0.4) is 0 Å². The van der Waals surface area contributed by atoms with Crippen molar-refractivity contribution < 1.29 is 24.2 Å². The van der Waals surface area contributed by atoms with Gasteiger partial charge < -0.3 is 15.2 Å². The molecule has 1 amide bonds. The van der Waals surface area contributed by atoms with Crippen molar-refractivity contribution in [1.82, 2.24) is 14.6 Å². The first kappa shape index (κ1) is 26.7. The number of carbonyl (C=O) groups excluding carboxylic acids is 2. The molecule has 0 spiro atoms. The van der Waals surface area contributed by atoms with Crippen molar-refractivity contribution in [3.05, 3.63) is 82.8 Å². The number of hydrogen-bond donors (Lipinski definition) is 3. The number of esters is 1. The summed E-state index contributed by atoms with van der Waals surface area (Å²) in [5.74, 6) is -0.689. The smallest absolute Gasteiger partial charge is 0.337 e. The van der Waals surface area contributed by atoms with Gasteiger partial charge in [0.05, 0.1) is 17.8 Å². The number of nitrogens with zero attached hydrogens (tertiary/aromatic N) is 3. The number of aromatic nitrogens is 3. The highest BCUT2D eigenvalue weighted by atomic mass is 16.5. The van der Waals surface area contributed by atoms with E-state index in [0.29, 0.717) is 28.5 Å². The van der Waals surface area contributed by atoms with Gasteiger partial charge in [-0.1, -0.05) is 45.0 Å². The summed E-state index contributed by atoms with van der Waals surface area (Å²) >= 11 is 0. The van der Waals surface area contributed by atoms with Gasteiger partial charge in [0, 0.05) is 17.3 Å². The molecule has 1 saturated carbocycles. The van der Waals surface area contributed by atoms with Gasteiger partial charge in [-0.3, -0.25) is 14.4 Å². The van der Waals surface area contributed by atoms with Crippen molar-refractivity contribution in [3.63, 3.8) is 0 Å². The molecule has 1 aliphatic carbocycles. The van der Waals surface area contributed by atoms with E-state index in [1.54, 1.807) is 36.4 Å². The van der Waals surface area contributed by atoms with E-state index in [9.17, 15) is 19.5 Å². The van der Waals surface area contributed by atoms with Crippen LogP contribution >= 0.6 is 0 Å². The van der Waals surface area contributed by atoms with Gasteiger partial charge in [0.15, 0.2) is 11.5 Å². The van der Waals surface area contributed by atoms with Crippen LogP contribution in [0.1, 0.15) is 64.7 Å². The number of anilines is 1. The highest BCUT2D eigenvalue weighted by Crippen LogP contribution is 2.37. The monoisotopic (exact) mass is 539 g/mol. The third-order valence-corrected chi connectivity index (χ3v) is 7.47. The molecule has 2 aromatic heterocycles. The standard InChI is InChI=1S/C30H29N5O5/c1-16-13-17(2)25(18(3)14-16)40-30(39)24-23(31-4)15-35-27(24)33-26(34-35)19-9-11-20(12-10-19)28(36)32-22-8-6-5-7-21(22)29(37)38/h5-12,15-18,25H,13-14H2,1-3H3,(H,32,36)(H,33,34)(H,37,38). The molecule has 10 heteroatoms. The predicted octanol–water partition coefficient (Wildman–Crippen LogP) is 6.06. The molecule has 204 valence electrons. The van der Waals surface area contributed by atoms with E-state index in [2.05, 4.69) is 41.0 Å². The van der Waals surface area contributed by atoms with Gasteiger partial charge in [-0.2, -0.15) is 0 Å². The fourth-order valence-corrected chi connectivity index (χ4v) is 5.69. The zero-order valence-corrected chi connectivity index (χ0v) is 22.3.